The molecule has 4 rings (SSSR count). The Morgan fingerprint density at radius 1 is 1.42 bits per heavy atom. The van der Waals surface area contributed by atoms with Crippen LogP contribution in [-0.2, 0) is 11.3 Å². The first kappa shape index (κ1) is 16.1. The van der Waals surface area contributed by atoms with Crippen LogP contribution in [-0.4, -0.2) is 36.1 Å². The molecule has 0 aliphatic carbocycles. The van der Waals surface area contributed by atoms with Gasteiger partial charge in [-0.05, 0) is 30.5 Å². The second kappa shape index (κ2) is 7.27. The van der Waals surface area contributed by atoms with Crippen molar-refractivity contribution in [3.05, 3.63) is 51.7 Å². The number of benzene rings is 1. The lowest BCUT2D eigenvalue weighted by Crippen LogP contribution is -2.45. The standard InChI is InChI=1S/C18H22FN3OS/c19-14-4-1-3-13(9-14)16-11-20-6-7-22(16)12-15-10-21-18(24-15)17-5-2-8-23-17/h1,3-4,9-10,16-17,20H,2,5-8,11-12H2. The zero-order chi connectivity index (χ0) is 16.4. The quantitative estimate of drug-likeness (QED) is 0.921. The van der Waals surface area contributed by atoms with E-state index in [0.717, 1.165) is 56.2 Å². The van der Waals surface area contributed by atoms with Gasteiger partial charge < -0.3 is 10.1 Å². The number of nitrogens with one attached hydrogen (secondary N) is 1. The highest BCUT2D eigenvalue weighted by molar-refractivity contribution is 7.11. The van der Waals surface area contributed by atoms with Gasteiger partial charge in [-0.25, -0.2) is 9.37 Å². The van der Waals surface area contributed by atoms with Crippen molar-refractivity contribution in [2.45, 2.75) is 31.5 Å². The average Bonchev–Trinajstić information content (AvgIpc) is 3.26. The summed E-state index contributed by atoms with van der Waals surface area (Å²) in [5.41, 5.74) is 1.03. The number of hydrogen-bond acceptors (Lipinski definition) is 5. The van der Waals surface area contributed by atoms with Crippen LogP contribution in [0.15, 0.2) is 30.5 Å². The Hall–Kier alpha value is -1.34. The monoisotopic (exact) mass is 347 g/mol. The van der Waals surface area contributed by atoms with Crippen LogP contribution in [0.1, 0.15) is 40.4 Å². The summed E-state index contributed by atoms with van der Waals surface area (Å²) in [6.07, 6.45) is 4.36. The number of ether oxygens (including phenoxy) is 1. The highest BCUT2D eigenvalue weighted by Crippen LogP contribution is 2.33. The van der Waals surface area contributed by atoms with Gasteiger partial charge in [-0.1, -0.05) is 12.1 Å². The van der Waals surface area contributed by atoms with Gasteiger partial charge >= 0.3 is 0 Å². The summed E-state index contributed by atoms with van der Waals surface area (Å²) in [6, 6.07) is 7.15. The minimum Gasteiger partial charge on any atom is -0.371 e. The van der Waals surface area contributed by atoms with Gasteiger partial charge in [0.15, 0.2) is 0 Å². The van der Waals surface area contributed by atoms with Crippen molar-refractivity contribution in [2.24, 2.45) is 0 Å². The molecule has 6 heteroatoms. The normalized spacial score (nSPS) is 25.2. The van der Waals surface area contributed by atoms with E-state index in [0.29, 0.717) is 0 Å². The van der Waals surface area contributed by atoms with Crippen LogP contribution in [0.5, 0.6) is 0 Å². The lowest BCUT2D eigenvalue weighted by atomic mass is 10.0. The van der Waals surface area contributed by atoms with Crippen molar-refractivity contribution >= 4 is 11.3 Å². The first-order valence-electron chi connectivity index (χ1n) is 8.56. The Labute approximate surface area is 145 Å². The molecular weight excluding hydrogens is 325 g/mol. The first-order chi connectivity index (χ1) is 11.8. The minimum absolute atomic E-state index is 0.170. The summed E-state index contributed by atoms with van der Waals surface area (Å²) in [5, 5.41) is 4.52. The summed E-state index contributed by atoms with van der Waals surface area (Å²) in [7, 11) is 0. The lowest BCUT2D eigenvalue weighted by molar-refractivity contribution is 0.111. The molecule has 2 saturated heterocycles. The van der Waals surface area contributed by atoms with Crippen molar-refractivity contribution in [3.63, 3.8) is 0 Å². The SMILES string of the molecule is Fc1cccc(C2CNCCN2Cc2cnc(C3CCCO3)s2)c1. The minimum atomic E-state index is -0.170. The summed E-state index contributed by atoms with van der Waals surface area (Å²) < 4.78 is 19.3. The van der Waals surface area contributed by atoms with Gasteiger partial charge in [0.2, 0.25) is 0 Å². The first-order valence-corrected chi connectivity index (χ1v) is 9.38. The lowest BCUT2D eigenvalue weighted by Gasteiger charge is -2.36. The van der Waals surface area contributed by atoms with Gasteiger partial charge in [-0.2, -0.15) is 0 Å². The van der Waals surface area contributed by atoms with Crippen molar-refractivity contribution < 1.29 is 9.13 Å². The second-order valence-electron chi connectivity index (χ2n) is 6.41. The Morgan fingerprint density at radius 3 is 3.21 bits per heavy atom. The average molecular weight is 347 g/mol. The van der Waals surface area contributed by atoms with E-state index in [1.807, 2.05) is 12.3 Å². The molecule has 1 aromatic heterocycles. The third-order valence-corrected chi connectivity index (χ3v) is 5.80. The number of piperazine rings is 1. The van der Waals surface area contributed by atoms with Crippen molar-refractivity contribution in [1.29, 1.82) is 0 Å². The highest BCUT2D eigenvalue weighted by Gasteiger charge is 2.26. The maximum absolute atomic E-state index is 13.6. The van der Waals surface area contributed by atoms with Crippen LogP contribution in [0.2, 0.25) is 0 Å². The van der Waals surface area contributed by atoms with Crippen molar-refractivity contribution in [3.8, 4) is 0 Å². The molecule has 0 spiro atoms. The number of halogens is 1. The molecule has 1 N–H and O–H groups in total. The summed E-state index contributed by atoms with van der Waals surface area (Å²) in [4.78, 5) is 8.24. The van der Waals surface area contributed by atoms with Crippen LogP contribution >= 0.6 is 11.3 Å². The van der Waals surface area contributed by atoms with E-state index in [4.69, 9.17) is 4.74 Å². The Kier molecular flexibility index (Phi) is 4.89. The van der Waals surface area contributed by atoms with Gasteiger partial charge in [0, 0.05) is 49.9 Å². The molecule has 2 fully saturated rings. The number of hydrogen-bond donors (Lipinski definition) is 1. The maximum Gasteiger partial charge on any atom is 0.123 e. The zero-order valence-corrected chi connectivity index (χ0v) is 14.4. The molecule has 1 aromatic carbocycles. The molecule has 0 bridgehead atoms. The fourth-order valence-electron chi connectivity index (χ4n) is 3.50. The molecular formula is C18H22FN3OS. The van der Waals surface area contributed by atoms with Gasteiger partial charge in [-0.15, -0.1) is 11.3 Å². The maximum atomic E-state index is 13.6. The molecule has 24 heavy (non-hydrogen) atoms. The van der Waals surface area contributed by atoms with Crippen LogP contribution in [0.25, 0.3) is 0 Å². The summed E-state index contributed by atoms with van der Waals surface area (Å²) in [6.45, 7) is 4.46. The Balaban J connectivity index is 1.49. The number of thiazole rings is 1. The van der Waals surface area contributed by atoms with Gasteiger partial charge in [0.25, 0.3) is 0 Å². The third-order valence-electron chi connectivity index (χ3n) is 4.72. The molecule has 2 atom stereocenters. The van der Waals surface area contributed by atoms with E-state index in [2.05, 4.69) is 15.2 Å². The third kappa shape index (κ3) is 3.52. The van der Waals surface area contributed by atoms with E-state index in [9.17, 15) is 4.39 Å². The molecule has 2 aliphatic rings. The molecule has 3 heterocycles. The summed E-state index contributed by atoms with van der Waals surface area (Å²) in [5.74, 6) is -0.170. The molecule has 4 nitrogen and oxygen atoms in total. The number of rotatable bonds is 4. The van der Waals surface area contributed by atoms with E-state index >= 15 is 0 Å². The van der Waals surface area contributed by atoms with Gasteiger partial charge in [-0.3, -0.25) is 4.90 Å². The molecule has 2 aliphatic heterocycles. The topological polar surface area (TPSA) is 37.4 Å². The molecule has 128 valence electrons. The van der Waals surface area contributed by atoms with Crippen LogP contribution in [0.4, 0.5) is 4.39 Å². The van der Waals surface area contributed by atoms with Crippen LogP contribution in [0.3, 0.4) is 0 Å². The smallest absolute Gasteiger partial charge is 0.123 e. The largest absolute Gasteiger partial charge is 0.371 e. The fraction of sp³-hybridized carbons (Fsp3) is 0.500. The highest BCUT2D eigenvalue weighted by atomic mass is 32.1. The Morgan fingerprint density at radius 2 is 2.38 bits per heavy atom. The molecule has 0 radical (unpaired) electrons. The van der Waals surface area contributed by atoms with E-state index in [1.165, 1.54) is 10.9 Å². The van der Waals surface area contributed by atoms with Crippen molar-refractivity contribution in [2.75, 3.05) is 26.2 Å². The van der Waals surface area contributed by atoms with E-state index in [-0.39, 0.29) is 18.0 Å². The number of nitrogens with zero attached hydrogens (tertiary/aromatic N) is 2. The Bertz CT molecular complexity index is 686. The fourth-order valence-corrected chi connectivity index (χ4v) is 4.52. The van der Waals surface area contributed by atoms with Crippen LogP contribution in [0, 0.1) is 5.82 Å². The van der Waals surface area contributed by atoms with Gasteiger partial charge in [0.05, 0.1) is 0 Å². The summed E-state index contributed by atoms with van der Waals surface area (Å²) >= 11 is 1.75. The van der Waals surface area contributed by atoms with Crippen LogP contribution < -0.4 is 5.32 Å². The van der Waals surface area contributed by atoms with Gasteiger partial charge in [0.1, 0.15) is 16.9 Å². The number of aromatic nitrogens is 1. The molecule has 0 amide bonds. The predicted molar refractivity (Wildman–Crippen MR) is 92.5 cm³/mol. The molecule has 0 saturated carbocycles. The van der Waals surface area contributed by atoms with E-state index in [1.54, 1.807) is 23.5 Å². The second-order valence-corrected chi connectivity index (χ2v) is 7.56. The molecule has 2 unspecified atom stereocenters. The zero-order valence-electron chi connectivity index (χ0n) is 13.6. The van der Waals surface area contributed by atoms with E-state index < -0.39 is 0 Å². The predicted octanol–water partition coefficient (Wildman–Crippen LogP) is 3.28. The van der Waals surface area contributed by atoms with Crippen molar-refractivity contribution in [1.82, 2.24) is 15.2 Å². The molecule has 2 aromatic rings.